The molecule has 0 fully saturated rings. The van der Waals surface area contributed by atoms with E-state index in [1.807, 2.05) is 0 Å². The van der Waals surface area contributed by atoms with Gasteiger partial charge in [0.1, 0.15) is 12.1 Å². The Morgan fingerprint density at radius 2 is 1.80 bits per heavy atom. The molecule has 3 nitrogen and oxygen atoms in total. The van der Waals surface area contributed by atoms with Gasteiger partial charge in [-0.2, -0.15) is 13.2 Å². The molecular formula is C9H16F3NO2. The molecule has 0 aromatic heterocycles. The molecule has 0 aromatic carbocycles. The second-order valence-corrected chi connectivity index (χ2v) is 3.90. The average Bonchev–Trinajstić information content (AvgIpc) is 1.98. The van der Waals surface area contributed by atoms with Gasteiger partial charge in [0.25, 0.3) is 5.91 Å². The van der Waals surface area contributed by atoms with Gasteiger partial charge in [0.05, 0.1) is 0 Å². The largest absolute Gasteiger partial charge is 0.406 e. The molecule has 0 atom stereocenters. The topological polar surface area (TPSA) is 40.5 Å². The van der Waals surface area contributed by atoms with Crippen LogP contribution in [0.1, 0.15) is 27.2 Å². The highest BCUT2D eigenvalue weighted by Crippen LogP contribution is 2.19. The maximum Gasteiger partial charge on any atom is 0.406 e. The smallest absolute Gasteiger partial charge is 0.381 e. The summed E-state index contributed by atoms with van der Waals surface area (Å²) in [6, 6.07) is 0. The molecule has 1 N–H and O–H groups in total. The Morgan fingerprint density at radius 1 is 1.33 bits per heavy atom. The van der Waals surface area contributed by atoms with E-state index >= 15 is 0 Å². The summed E-state index contributed by atoms with van der Waals surface area (Å²) in [5, 5.41) is 9.32. The van der Waals surface area contributed by atoms with Crippen molar-refractivity contribution in [1.29, 1.82) is 0 Å². The van der Waals surface area contributed by atoms with Crippen LogP contribution in [0.25, 0.3) is 0 Å². The Labute approximate surface area is 86.9 Å². The molecular weight excluding hydrogens is 211 g/mol. The summed E-state index contributed by atoms with van der Waals surface area (Å²) in [6.45, 7) is 2.69. The van der Waals surface area contributed by atoms with E-state index in [4.69, 9.17) is 0 Å². The van der Waals surface area contributed by atoms with E-state index in [0.717, 1.165) is 0 Å². The Kier molecular flexibility index (Phi) is 4.58. The lowest BCUT2D eigenvalue weighted by Crippen LogP contribution is -2.48. The maximum absolute atomic E-state index is 12.1. The van der Waals surface area contributed by atoms with Crippen LogP contribution in [-0.4, -0.2) is 40.8 Å². The molecule has 6 heteroatoms. The minimum Gasteiger partial charge on any atom is -0.381 e. The molecule has 0 aromatic rings. The number of aliphatic hydroxyl groups is 1. The van der Waals surface area contributed by atoms with Crippen LogP contribution < -0.4 is 0 Å². The number of alkyl halides is 3. The van der Waals surface area contributed by atoms with E-state index in [1.165, 1.54) is 13.8 Å². The normalized spacial score (nSPS) is 12.7. The first-order valence-corrected chi connectivity index (χ1v) is 4.66. The minimum absolute atomic E-state index is 0.0116. The van der Waals surface area contributed by atoms with Crippen LogP contribution in [-0.2, 0) is 4.79 Å². The zero-order valence-electron chi connectivity index (χ0n) is 9.06. The van der Waals surface area contributed by atoms with Gasteiger partial charge in [-0.05, 0) is 20.3 Å². The predicted octanol–water partition coefficient (Wildman–Crippen LogP) is 1.56. The van der Waals surface area contributed by atoms with Crippen molar-refractivity contribution >= 4 is 5.91 Å². The van der Waals surface area contributed by atoms with Crippen molar-refractivity contribution in [3.63, 3.8) is 0 Å². The molecule has 0 bridgehead atoms. The molecule has 0 saturated heterocycles. The van der Waals surface area contributed by atoms with Gasteiger partial charge >= 0.3 is 6.18 Å². The highest BCUT2D eigenvalue weighted by molar-refractivity contribution is 5.84. The summed E-state index contributed by atoms with van der Waals surface area (Å²) < 4.78 is 36.3. The fourth-order valence-electron chi connectivity index (χ4n) is 1.13. The van der Waals surface area contributed by atoms with Gasteiger partial charge in [-0.25, -0.2) is 0 Å². The van der Waals surface area contributed by atoms with Crippen molar-refractivity contribution in [2.45, 2.75) is 39.0 Å². The number of amides is 1. The second kappa shape index (κ2) is 4.83. The lowest BCUT2D eigenvalue weighted by molar-refractivity contribution is -0.171. The van der Waals surface area contributed by atoms with Gasteiger partial charge in [0, 0.05) is 6.54 Å². The number of carbonyl (C=O) groups excluding carboxylic acids is 1. The fourth-order valence-corrected chi connectivity index (χ4v) is 1.13. The van der Waals surface area contributed by atoms with Crippen LogP contribution in [0.4, 0.5) is 13.2 Å². The quantitative estimate of drug-likeness (QED) is 0.791. The van der Waals surface area contributed by atoms with Crippen molar-refractivity contribution in [1.82, 2.24) is 4.90 Å². The SMILES string of the molecule is CCCN(CC(F)(F)F)C(=O)C(C)(C)O. The molecule has 0 aliphatic heterocycles. The van der Waals surface area contributed by atoms with Gasteiger partial charge < -0.3 is 10.0 Å². The van der Waals surface area contributed by atoms with Crippen molar-refractivity contribution in [3.8, 4) is 0 Å². The molecule has 0 unspecified atom stereocenters. The van der Waals surface area contributed by atoms with Gasteiger partial charge in [-0.1, -0.05) is 6.92 Å². The molecule has 1 amide bonds. The number of halogens is 3. The second-order valence-electron chi connectivity index (χ2n) is 3.90. The third-order valence-corrected chi connectivity index (χ3v) is 1.67. The lowest BCUT2D eigenvalue weighted by Gasteiger charge is -2.28. The zero-order chi connectivity index (χ0) is 12.3. The molecule has 0 radical (unpaired) electrons. The van der Waals surface area contributed by atoms with E-state index in [1.54, 1.807) is 6.92 Å². The first-order chi connectivity index (χ1) is 6.58. The van der Waals surface area contributed by atoms with E-state index in [-0.39, 0.29) is 6.54 Å². The standard InChI is InChI=1S/C9H16F3NO2/c1-4-5-13(6-9(10,11)12)7(14)8(2,3)15/h15H,4-6H2,1-3H3. The van der Waals surface area contributed by atoms with E-state index < -0.39 is 24.2 Å². The number of hydrogen-bond donors (Lipinski definition) is 1. The third kappa shape index (κ3) is 5.61. The van der Waals surface area contributed by atoms with Gasteiger partial charge in [0.15, 0.2) is 0 Å². The summed E-state index contributed by atoms with van der Waals surface area (Å²) in [5.74, 6) is -0.901. The number of hydrogen-bond acceptors (Lipinski definition) is 2. The van der Waals surface area contributed by atoms with Gasteiger partial charge in [0.2, 0.25) is 0 Å². The fraction of sp³-hybridized carbons (Fsp3) is 0.889. The molecule has 90 valence electrons. The van der Waals surface area contributed by atoms with E-state index in [9.17, 15) is 23.1 Å². The molecule has 15 heavy (non-hydrogen) atoms. The number of rotatable bonds is 4. The average molecular weight is 227 g/mol. The van der Waals surface area contributed by atoms with Crippen LogP contribution in [0.15, 0.2) is 0 Å². The van der Waals surface area contributed by atoms with E-state index in [0.29, 0.717) is 11.3 Å². The maximum atomic E-state index is 12.1. The molecule has 0 aliphatic rings. The van der Waals surface area contributed by atoms with Crippen molar-refractivity contribution in [2.75, 3.05) is 13.1 Å². The van der Waals surface area contributed by atoms with Crippen LogP contribution in [0.2, 0.25) is 0 Å². The molecule has 0 heterocycles. The first-order valence-electron chi connectivity index (χ1n) is 4.66. The third-order valence-electron chi connectivity index (χ3n) is 1.67. The van der Waals surface area contributed by atoms with Crippen molar-refractivity contribution in [3.05, 3.63) is 0 Å². The molecule has 0 rings (SSSR count). The molecule has 0 spiro atoms. The zero-order valence-corrected chi connectivity index (χ0v) is 9.06. The Morgan fingerprint density at radius 3 is 2.07 bits per heavy atom. The van der Waals surface area contributed by atoms with Gasteiger partial charge in [-0.15, -0.1) is 0 Å². The van der Waals surface area contributed by atoms with Crippen molar-refractivity contribution < 1.29 is 23.1 Å². The van der Waals surface area contributed by atoms with Crippen LogP contribution in [0, 0.1) is 0 Å². The monoisotopic (exact) mass is 227 g/mol. The van der Waals surface area contributed by atoms with Crippen molar-refractivity contribution in [2.24, 2.45) is 0 Å². The number of nitrogens with zero attached hydrogens (tertiary/aromatic N) is 1. The Balaban J connectivity index is 4.60. The summed E-state index contributed by atoms with van der Waals surface area (Å²) >= 11 is 0. The highest BCUT2D eigenvalue weighted by atomic mass is 19.4. The number of carbonyl (C=O) groups is 1. The Hall–Kier alpha value is -0.780. The minimum atomic E-state index is -4.43. The first kappa shape index (κ1) is 14.2. The molecule has 0 saturated carbocycles. The predicted molar refractivity (Wildman–Crippen MR) is 49.2 cm³/mol. The van der Waals surface area contributed by atoms with Gasteiger partial charge in [-0.3, -0.25) is 4.79 Å². The lowest BCUT2D eigenvalue weighted by atomic mass is 10.1. The summed E-state index contributed by atoms with van der Waals surface area (Å²) in [7, 11) is 0. The van der Waals surface area contributed by atoms with Crippen LogP contribution >= 0.6 is 0 Å². The summed E-state index contributed by atoms with van der Waals surface area (Å²) in [5.41, 5.74) is -1.76. The molecule has 0 aliphatic carbocycles. The summed E-state index contributed by atoms with van der Waals surface area (Å²) in [4.78, 5) is 12.0. The van der Waals surface area contributed by atoms with Crippen LogP contribution in [0.5, 0.6) is 0 Å². The summed E-state index contributed by atoms with van der Waals surface area (Å²) in [6.07, 6.45) is -4.02. The highest BCUT2D eigenvalue weighted by Gasteiger charge is 2.37. The Bertz CT molecular complexity index is 220. The van der Waals surface area contributed by atoms with Crippen LogP contribution in [0.3, 0.4) is 0 Å². The van der Waals surface area contributed by atoms with E-state index in [2.05, 4.69) is 0 Å².